The van der Waals surface area contributed by atoms with Crippen molar-refractivity contribution in [2.45, 2.75) is 20.3 Å². The molecule has 2 aromatic heterocycles. The number of fused-ring (bicyclic) bond motifs is 1. The van der Waals surface area contributed by atoms with Gasteiger partial charge in [0.25, 0.3) is 0 Å². The summed E-state index contributed by atoms with van der Waals surface area (Å²) in [7, 11) is 0. The first kappa shape index (κ1) is 16.3. The van der Waals surface area contributed by atoms with Crippen molar-refractivity contribution in [2.24, 2.45) is 5.10 Å². The van der Waals surface area contributed by atoms with Crippen LogP contribution in [0.2, 0.25) is 0 Å². The number of allylic oxidation sites excluding steroid dienone is 2. The number of nitrogens with one attached hydrogen (secondary N) is 1. The number of anilines is 1. The molecule has 0 radical (unpaired) electrons. The van der Waals surface area contributed by atoms with Crippen molar-refractivity contribution >= 4 is 33.7 Å². The minimum atomic E-state index is -0.183. The highest BCUT2D eigenvalue weighted by Gasteiger charge is 2.08. The van der Waals surface area contributed by atoms with Crippen LogP contribution in [0.15, 0.2) is 53.3 Å². The molecule has 0 unspecified atom stereocenters. The Bertz CT molecular complexity index is 910. The maximum Gasteiger partial charge on any atom is 0.244 e. The van der Waals surface area contributed by atoms with Gasteiger partial charge in [0, 0.05) is 29.1 Å². The van der Waals surface area contributed by atoms with Crippen molar-refractivity contribution in [3.63, 3.8) is 0 Å². The van der Waals surface area contributed by atoms with Gasteiger partial charge in [-0.1, -0.05) is 23.8 Å². The lowest BCUT2D eigenvalue weighted by Crippen LogP contribution is -1.94. The van der Waals surface area contributed by atoms with E-state index < -0.39 is 0 Å². The minimum absolute atomic E-state index is 0.183. The van der Waals surface area contributed by atoms with Gasteiger partial charge in [0.1, 0.15) is 10.6 Å². The number of nitrogens with zero attached hydrogens (tertiary/aromatic N) is 3. The van der Waals surface area contributed by atoms with Crippen LogP contribution in [0.3, 0.4) is 0 Å². The average molecular weight is 340 g/mol. The van der Waals surface area contributed by atoms with E-state index in [0.717, 1.165) is 20.7 Å². The first-order valence-electron chi connectivity index (χ1n) is 7.53. The van der Waals surface area contributed by atoms with E-state index in [-0.39, 0.29) is 5.82 Å². The maximum absolute atomic E-state index is 13.8. The third-order valence-electron chi connectivity index (χ3n) is 3.29. The van der Waals surface area contributed by atoms with Crippen molar-refractivity contribution in [3.05, 3.63) is 64.4 Å². The highest BCUT2D eigenvalue weighted by Crippen LogP contribution is 2.26. The summed E-state index contributed by atoms with van der Waals surface area (Å²) in [6, 6.07) is 8.83. The second kappa shape index (κ2) is 7.31. The Morgan fingerprint density at radius 3 is 2.96 bits per heavy atom. The van der Waals surface area contributed by atoms with Crippen molar-refractivity contribution in [1.82, 2.24) is 9.97 Å². The molecule has 0 saturated heterocycles. The van der Waals surface area contributed by atoms with E-state index in [1.165, 1.54) is 17.4 Å². The van der Waals surface area contributed by atoms with Crippen molar-refractivity contribution < 1.29 is 4.39 Å². The van der Waals surface area contributed by atoms with Gasteiger partial charge in [-0.2, -0.15) is 5.10 Å². The molecule has 122 valence electrons. The van der Waals surface area contributed by atoms with Gasteiger partial charge in [-0.05, 0) is 37.6 Å². The summed E-state index contributed by atoms with van der Waals surface area (Å²) in [6.07, 6.45) is 5.86. The monoisotopic (exact) mass is 340 g/mol. The molecule has 0 aliphatic heterocycles. The predicted molar refractivity (Wildman–Crippen MR) is 98.2 cm³/mol. The van der Waals surface area contributed by atoms with Crippen LogP contribution in [0.25, 0.3) is 10.2 Å². The van der Waals surface area contributed by atoms with Crippen molar-refractivity contribution in [1.29, 1.82) is 0 Å². The van der Waals surface area contributed by atoms with E-state index in [9.17, 15) is 4.39 Å². The largest absolute Gasteiger partial charge is 0.245 e. The molecule has 0 bridgehead atoms. The number of hydrazone groups is 1. The standard InChI is InChI=1S/C18H17FN4S/c1-12(2)7-8-21-23-18-20-11-14-10-15(24-17(14)22-18)9-13-5-3-4-6-16(13)19/h3-8,10-11H,9H2,1-2H3,(H,20,22,23)/b21-8+. The zero-order valence-electron chi connectivity index (χ0n) is 13.5. The maximum atomic E-state index is 13.8. The van der Waals surface area contributed by atoms with E-state index in [0.29, 0.717) is 17.9 Å². The van der Waals surface area contributed by atoms with Crippen LogP contribution in [-0.4, -0.2) is 16.2 Å². The zero-order chi connectivity index (χ0) is 16.9. The Morgan fingerprint density at radius 2 is 2.17 bits per heavy atom. The molecule has 3 aromatic rings. The Kier molecular flexibility index (Phi) is 4.96. The van der Waals surface area contributed by atoms with Crippen LogP contribution in [-0.2, 0) is 6.42 Å². The second-order valence-electron chi connectivity index (χ2n) is 5.57. The van der Waals surface area contributed by atoms with Gasteiger partial charge in [0.05, 0.1) is 0 Å². The molecule has 4 nitrogen and oxygen atoms in total. The molecule has 0 atom stereocenters. The second-order valence-corrected chi connectivity index (χ2v) is 6.68. The number of halogens is 1. The fraction of sp³-hybridized carbons (Fsp3) is 0.167. The molecule has 0 fully saturated rings. The highest BCUT2D eigenvalue weighted by atomic mass is 32.1. The first-order valence-corrected chi connectivity index (χ1v) is 8.35. The number of rotatable bonds is 5. The molecule has 3 rings (SSSR count). The van der Waals surface area contributed by atoms with E-state index >= 15 is 0 Å². The lowest BCUT2D eigenvalue weighted by Gasteiger charge is -1.99. The van der Waals surface area contributed by atoms with Crippen LogP contribution < -0.4 is 5.43 Å². The van der Waals surface area contributed by atoms with E-state index in [2.05, 4.69) is 20.5 Å². The number of aromatic nitrogens is 2. The Hall–Kier alpha value is -2.60. The zero-order valence-corrected chi connectivity index (χ0v) is 14.3. The molecule has 0 amide bonds. The molecular weight excluding hydrogens is 323 g/mol. The fourth-order valence-corrected chi connectivity index (χ4v) is 3.16. The Labute approximate surface area is 143 Å². The van der Waals surface area contributed by atoms with Gasteiger partial charge < -0.3 is 0 Å². The van der Waals surface area contributed by atoms with Gasteiger partial charge in [0.2, 0.25) is 5.95 Å². The van der Waals surface area contributed by atoms with Gasteiger partial charge in [-0.25, -0.2) is 19.8 Å². The lowest BCUT2D eigenvalue weighted by atomic mass is 10.1. The molecule has 0 aliphatic carbocycles. The number of hydrogen-bond acceptors (Lipinski definition) is 5. The van der Waals surface area contributed by atoms with Crippen LogP contribution in [0.4, 0.5) is 10.3 Å². The molecule has 2 heterocycles. The highest BCUT2D eigenvalue weighted by molar-refractivity contribution is 7.18. The fourth-order valence-electron chi connectivity index (χ4n) is 2.14. The van der Waals surface area contributed by atoms with Gasteiger partial charge in [-0.15, -0.1) is 11.3 Å². The smallest absolute Gasteiger partial charge is 0.244 e. The molecule has 0 spiro atoms. The normalized spacial score (nSPS) is 11.1. The Morgan fingerprint density at radius 1 is 1.33 bits per heavy atom. The third-order valence-corrected chi connectivity index (χ3v) is 4.34. The molecule has 0 aliphatic rings. The quantitative estimate of drug-likeness (QED) is 0.537. The Balaban J connectivity index is 1.78. The number of thiophene rings is 1. The number of hydrogen-bond donors (Lipinski definition) is 1. The minimum Gasteiger partial charge on any atom is -0.245 e. The first-order chi connectivity index (χ1) is 11.6. The van der Waals surface area contributed by atoms with Gasteiger partial charge in [-0.3, -0.25) is 0 Å². The topological polar surface area (TPSA) is 50.2 Å². The van der Waals surface area contributed by atoms with Crippen LogP contribution in [0.1, 0.15) is 24.3 Å². The SMILES string of the molecule is CC(C)=C/C=N/Nc1ncc2cc(Cc3ccccc3F)sc2n1. The summed E-state index contributed by atoms with van der Waals surface area (Å²) >= 11 is 1.54. The number of benzene rings is 1. The van der Waals surface area contributed by atoms with E-state index in [4.69, 9.17) is 0 Å². The van der Waals surface area contributed by atoms with Crippen LogP contribution in [0.5, 0.6) is 0 Å². The van der Waals surface area contributed by atoms with Crippen molar-refractivity contribution in [2.75, 3.05) is 5.43 Å². The van der Waals surface area contributed by atoms with Gasteiger partial charge in [0.15, 0.2) is 0 Å². The predicted octanol–water partition coefficient (Wildman–Crippen LogP) is 4.79. The molecular formula is C18H17FN4S. The van der Waals surface area contributed by atoms with Crippen LogP contribution >= 0.6 is 11.3 Å². The molecule has 1 N–H and O–H groups in total. The summed E-state index contributed by atoms with van der Waals surface area (Å²) < 4.78 is 13.8. The van der Waals surface area contributed by atoms with E-state index in [1.54, 1.807) is 24.5 Å². The summed E-state index contributed by atoms with van der Waals surface area (Å²) in [5.41, 5.74) is 4.65. The lowest BCUT2D eigenvalue weighted by molar-refractivity contribution is 0.614. The summed E-state index contributed by atoms with van der Waals surface area (Å²) in [4.78, 5) is 10.6. The van der Waals surface area contributed by atoms with E-state index in [1.807, 2.05) is 32.1 Å². The summed E-state index contributed by atoms with van der Waals surface area (Å²) in [6.45, 7) is 3.99. The average Bonchev–Trinajstić information content (AvgIpc) is 2.95. The molecule has 1 aromatic carbocycles. The van der Waals surface area contributed by atoms with Crippen molar-refractivity contribution in [3.8, 4) is 0 Å². The van der Waals surface area contributed by atoms with Gasteiger partial charge >= 0.3 is 0 Å². The molecule has 24 heavy (non-hydrogen) atoms. The molecule has 0 saturated carbocycles. The molecule has 6 heteroatoms. The third kappa shape index (κ3) is 4.02. The summed E-state index contributed by atoms with van der Waals surface area (Å²) in [5.74, 6) is 0.261. The summed E-state index contributed by atoms with van der Waals surface area (Å²) in [5, 5.41) is 5.00. The van der Waals surface area contributed by atoms with Crippen LogP contribution in [0, 0.1) is 5.82 Å².